The van der Waals surface area contributed by atoms with E-state index in [1.54, 1.807) is 0 Å². The SMILES string of the molecule is Cc1nc2ccccn2c1CN[C@@H](C)C1CCCCC1. The first-order chi connectivity index (χ1) is 9.75. The maximum atomic E-state index is 4.63. The second-order valence-corrected chi connectivity index (χ2v) is 6.14. The molecule has 1 saturated carbocycles. The zero-order valence-electron chi connectivity index (χ0n) is 12.6. The quantitative estimate of drug-likeness (QED) is 0.918. The van der Waals surface area contributed by atoms with Gasteiger partial charge in [0.05, 0.1) is 11.4 Å². The Kier molecular flexibility index (Phi) is 4.06. The minimum atomic E-state index is 0.601. The largest absolute Gasteiger partial charge is 0.308 e. The van der Waals surface area contributed by atoms with Crippen molar-refractivity contribution in [1.29, 1.82) is 0 Å². The Hall–Kier alpha value is -1.35. The standard InChI is InChI=1S/C17H25N3/c1-13(15-8-4-3-5-9-15)18-12-16-14(2)19-17-10-6-7-11-20(16)17/h6-7,10-11,13,15,18H,3-5,8-9,12H2,1-2H3/t13-/m0/s1. The van der Waals surface area contributed by atoms with Gasteiger partial charge >= 0.3 is 0 Å². The van der Waals surface area contributed by atoms with Crippen LogP contribution in [0.2, 0.25) is 0 Å². The van der Waals surface area contributed by atoms with E-state index >= 15 is 0 Å². The van der Waals surface area contributed by atoms with Crippen molar-refractivity contribution in [2.75, 3.05) is 0 Å². The second kappa shape index (κ2) is 5.96. The highest BCUT2D eigenvalue weighted by Gasteiger charge is 2.20. The molecule has 2 heterocycles. The summed E-state index contributed by atoms with van der Waals surface area (Å²) < 4.78 is 2.20. The summed E-state index contributed by atoms with van der Waals surface area (Å²) in [5.74, 6) is 0.850. The number of nitrogens with zero attached hydrogens (tertiary/aromatic N) is 2. The van der Waals surface area contributed by atoms with Crippen molar-refractivity contribution in [2.24, 2.45) is 5.92 Å². The van der Waals surface area contributed by atoms with Gasteiger partial charge in [-0.1, -0.05) is 25.3 Å². The van der Waals surface area contributed by atoms with E-state index in [1.165, 1.54) is 37.8 Å². The number of nitrogens with one attached hydrogen (secondary N) is 1. The average Bonchev–Trinajstić information content (AvgIpc) is 2.81. The summed E-state index contributed by atoms with van der Waals surface area (Å²) in [6, 6.07) is 6.79. The third kappa shape index (κ3) is 2.73. The Morgan fingerprint density at radius 3 is 2.90 bits per heavy atom. The van der Waals surface area contributed by atoms with E-state index in [0.717, 1.165) is 23.8 Å². The first kappa shape index (κ1) is 13.6. The van der Waals surface area contributed by atoms with Crippen LogP contribution in [0.5, 0.6) is 0 Å². The summed E-state index contributed by atoms with van der Waals surface area (Å²) in [4.78, 5) is 4.63. The van der Waals surface area contributed by atoms with Gasteiger partial charge in [0.15, 0.2) is 0 Å². The number of aryl methyl sites for hydroxylation is 1. The van der Waals surface area contributed by atoms with Crippen molar-refractivity contribution >= 4 is 5.65 Å². The molecular weight excluding hydrogens is 246 g/mol. The topological polar surface area (TPSA) is 29.3 Å². The molecule has 0 saturated heterocycles. The number of hydrogen-bond acceptors (Lipinski definition) is 2. The number of hydrogen-bond donors (Lipinski definition) is 1. The molecule has 3 heteroatoms. The van der Waals surface area contributed by atoms with Crippen molar-refractivity contribution in [3.63, 3.8) is 0 Å². The van der Waals surface area contributed by atoms with Crippen molar-refractivity contribution in [3.05, 3.63) is 35.8 Å². The lowest BCUT2D eigenvalue weighted by Crippen LogP contribution is -2.34. The van der Waals surface area contributed by atoms with Crippen LogP contribution in [0.3, 0.4) is 0 Å². The van der Waals surface area contributed by atoms with Gasteiger partial charge in [-0.25, -0.2) is 4.98 Å². The zero-order chi connectivity index (χ0) is 13.9. The van der Waals surface area contributed by atoms with E-state index in [1.807, 2.05) is 6.07 Å². The van der Waals surface area contributed by atoms with E-state index < -0.39 is 0 Å². The van der Waals surface area contributed by atoms with Crippen LogP contribution in [-0.2, 0) is 6.54 Å². The van der Waals surface area contributed by atoms with Gasteiger partial charge in [0.1, 0.15) is 5.65 Å². The molecule has 0 spiro atoms. The number of aromatic nitrogens is 2. The Labute approximate surface area is 121 Å². The van der Waals surface area contributed by atoms with E-state index in [0.29, 0.717) is 6.04 Å². The number of imidazole rings is 1. The lowest BCUT2D eigenvalue weighted by Gasteiger charge is -2.28. The highest BCUT2D eigenvalue weighted by molar-refractivity contribution is 5.42. The fourth-order valence-corrected chi connectivity index (χ4v) is 3.44. The minimum absolute atomic E-state index is 0.601. The van der Waals surface area contributed by atoms with Gasteiger partial charge in [-0.3, -0.25) is 0 Å². The monoisotopic (exact) mass is 271 g/mol. The highest BCUT2D eigenvalue weighted by atomic mass is 15.0. The first-order valence-electron chi connectivity index (χ1n) is 7.91. The predicted octanol–water partition coefficient (Wildman–Crippen LogP) is 3.70. The van der Waals surface area contributed by atoms with Gasteiger partial charge < -0.3 is 9.72 Å². The number of fused-ring (bicyclic) bond motifs is 1. The van der Waals surface area contributed by atoms with Crippen LogP contribution in [0.4, 0.5) is 0 Å². The molecule has 1 aliphatic rings. The third-order valence-corrected chi connectivity index (χ3v) is 4.78. The van der Waals surface area contributed by atoms with Crippen molar-refractivity contribution in [1.82, 2.24) is 14.7 Å². The Morgan fingerprint density at radius 2 is 2.10 bits per heavy atom. The van der Waals surface area contributed by atoms with Gasteiger partial charge in [-0.15, -0.1) is 0 Å². The molecule has 1 N–H and O–H groups in total. The maximum absolute atomic E-state index is 4.63. The van der Waals surface area contributed by atoms with E-state index in [2.05, 4.69) is 46.9 Å². The fraction of sp³-hybridized carbons (Fsp3) is 0.588. The summed E-state index contributed by atoms with van der Waals surface area (Å²) >= 11 is 0. The predicted molar refractivity (Wildman–Crippen MR) is 82.8 cm³/mol. The molecule has 2 aromatic heterocycles. The van der Waals surface area contributed by atoms with Crippen LogP contribution in [0, 0.1) is 12.8 Å². The normalized spacial score (nSPS) is 18.5. The summed E-state index contributed by atoms with van der Waals surface area (Å²) in [7, 11) is 0. The Balaban J connectivity index is 1.68. The van der Waals surface area contributed by atoms with Crippen LogP contribution in [0.25, 0.3) is 5.65 Å². The van der Waals surface area contributed by atoms with Crippen molar-refractivity contribution in [2.45, 2.75) is 58.5 Å². The molecule has 0 aliphatic heterocycles. The summed E-state index contributed by atoms with van der Waals surface area (Å²) in [5, 5.41) is 3.73. The Morgan fingerprint density at radius 1 is 1.30 bits per heavy atom. The molecule has 0 bridgehead atoms. The molecule has 3 nitrogen and oxygen atoms in total. The van der Waals surface area contributed by atoms with Crippen LogP contribution < -0.4 is 5.32 Å². The van der Waals surface area contributed by atoms with E-state index in [-0.39, 0.29) is 0 Å². The van der Waals surface area contributed by atoms with Crippen LogP contribution >= 0.6 is 0 Å². The zero-order valence-corrected chi connectivity index (χ0v) is 12.6. The van der Waals surface area contributed by atoms with Gasteiger partial charge in [0, 0.05) is 18.8 Å². The van der Waals surface area contributed by atoms with Gasteiger partial charge in [-0.2, -0.15) is 0 Å². The molecule has 1 fully saturated rings. The van der Waals surface area contributed by atoms with Crippen LogP contribution in [0.15, 0.2) is 24.4 Å². The molecule has 0 radical (unpaired) electrons. The highest BCUT2D eigenvalue weighted by Crippen LogP contribution is 2.26. The summed E-state index contributed by atoms with van der Waals surface area (Å²) in [5.41, 5.74) is 3.48. The number of rotatable bonds is 4. The van der Waals surface area contributed by atoms with Crippen molar-refractivity contribution in [3.8, 4) is 0 Å². The summed E-state index contributed by atoms with van der Waals surface area (Å²) in [6.45, 7) is 5.36. The van der Waals surface area contributed by atoms with Crippen LogP contribution in [-0.4, -0.2) is 15.4 Å². The third-order valence-electron chi connectivity index (χ3n) is 4.78. The lowest BCUT2D eigenvalue weighted by atomic mass is 9.84. The molecule has 0 amide bonds. The number of pyridine rings is 1. The van der Waals surface area contributed by atoms with Gasteiger partial charge in [-0.05, 0) is 44.7 Å². The molecule has 1 atom stereocenters. The van der Waals surface area contributed by atoms with Crippen molar-refractivity contribution < 1.29 is 0 Å². The fourth-order valence-electron chi connectivity index (χ4n) is 3.44. The molecule has 1 aliphatic carbocycles. The van der Waals surface area contributed by atoms with Gasteiger partial charge in [0.2, 0.25) is 0 Å². The second-order valence-electron chi connectivity index (χ2n) is 6.14. The molecule has 2 aromatic rings. The first-order valence-corrected chi connectivity index (χ1v) is 7.91. The smallest absolute Gasteiger partial charge is 0.137 e. The van der Waals surface area contributed by atoms with E-state index in [9.17, 15) is 0 Å². The molecule has 0 aromatic carbocycles. The summed E-state index contributed by atoms with van der Waals surface area (Å²) in [6.07, 6.45) is 9.13. The molecular formula is C17H25N3. The average molecular weight is 271 g/mol. The van der Waals surface area contributed by atoms with E-state index in [4.69, 9.17) is 0 Å². The van der Waals surface area contributed by atoms with Crippen LogP contribution in [0.1, 0.15) is 50.4 Å². The Bertz CT molecular complexity index is 567. The molecule has 0 unspecified atom stereocenters. The van der Waals surface area contributed by atoms with Gasteiger partial charge in [0.25, 0.3) is 0 Å². The maximum Gasteiger partial charge on any atom is 0.137 e. The molecule has 108 valence electrons. The molecule has 20 heavy (non-hydrogen) atoms. The lowest BCUT2D eigenvalue weighted by molar-refractivity contribution is 0.280. The minimum Gasteiger partial charge on any atom is -0.308 e. The molecule has 3 rings (SSSR count).